The van der Waals surface area contributed by atoms with Crippen molar-refractivity contribution >= 4 is 16.5 Å². The summed E-state index contributed by atoms with van der Waals surface area (Å²) >= 11 is 1.55. The number of anilines is 1. The van der Waals surface area contributed by atoms with Crippen LogP contribution in [0.1, 0.15) is 11.9 Å². The molecule has 1 unspecified atom stereocenters. The van der Waals surface area contributed by atoms with E-state index in [2.05, 4.69) is 15.5 Å². The highest BCUT2D eigenvalue weighted by molar-refractivity contribution is 7.15. The molecule has 0 spiro atoms. The first kappa shape index (κ1) is 9.41. The zero-order chi connectivity index (χ0) is 8.97. The second-order valence-corrected chi connectivity index (χ2v) is 3.74. The Labute approximate surface area is 76.0 Å². The van der Waals surface area contributed by atoms with Gasteiger partial charge < -0.3 is 10.1 Å². The standard InChI is InChI=1S/C7H13N3OS/c1-5(11-3)4-8-7-10-9-6(2)12-7/h5H,4H2,1-3H3,(H,8,10). The minimum absolute atomic E-state index is 0.203. The van der Waals surface area contributed by atoms with Crippen LogP contribution in [0.5, 0.6) is 0 Å². The molecule has 1 atom stereocenters. The van der Waals surface area contributed by atoms with E-state index in [1.165, 1.54) is 0 Å². The van der Waals surface area contributed by atoms with Crippen LogP contribution in [0, 0.1) is 6.92 Å². The number of ether oxygens (including phenoxy) is 1. The molecule has 0 saturated carbocycles. The molecule has 68 valence electrons. The van der Waals surface area contributed by atoms with Crippen LogP contribution < -0.4 is 5.32 Å². The first-order valence-corrected chi connectivity index (χ1v) is 4.61. The van der Waals surface area contributed by atoms with E-state index in [0.29, 0.717) is 0 Å². The van der Waals surface area contributed by atoms with Crippen molar-refractivity contribution < 1.29 is 4.74 Å². The molecule has 5 heteroatoms. The van der Waals surface area contributed by atoms with E-state index in [1.807, 2.05) is 13.8 Å². The number of methoxy groups -OCH3 is 1. The molecule has 0 aliphatic rings. The lowest BCUT2D eigenvalue weighted by Crippen LogP contribution is -2.17. The Balaban J connectivity index is 2.33. The van der Waals surface area contributed by atoms with Crippen molar-refractivity contribution in [2.24, 2.45) is 0 Å². The zero-order valence-electron chi connectivity index (χ0n) is 7.50. The monoisotopic (exact) mass is 187 g/mol. The van der Waals surface area contributed by atoms with Crippen molar-refractivity contribution in [1.82, 2.24) is 10.2 Å². The van der Waals surface area contributed by atoms with E-state index in [4.69, 9.17) is 4.74 Å². The van der Waals surface area contributed by atoms with E-state index in [0.717, 1.165) is 16.7 Å². The van der Waals surface area contributed by atoms with Gasteiger partial charge in [-0.1, -0.05) is 11.3 Å². The highest BCUT2D eigenvalue weighted by Gasteiger charge is 2.01. The molecule has 0 aliphatic heterocycles. The van der Waals surface area contributed by atoms with Gasteiger partial charge in [-0.3, -0.25) is 0 Å². The summed E-state index contributed by atoms with van der Waals surface area (Å²) < 4.78 is 5.07. The molecule has 0 aliphatic carbocycles. The zero-order valence-corrected chi connectivity index (χ0v) is 8.31. The van der Waals surface area contributed by atoms with Crippen LogP contribution in [-0.4, -0.2) is 30.0 Å². The van der Waals surface area contributed by atoms with Crippen LogP contribution in [0.15, 0.2) is 0 Å². The summed E-state index contributed by atoms with van der Waals surface area (Å²) in [6.45, 7) is 4.70. The summed E-state index contributed by atoms with van der Waals surface area (Å²) in [5, 5.41) is 12.8. The molecule has 0 bridgehead atoms. The quantitative estimate of drug-likeness (QED) is 0.771. The molecule has 0 saturated heterocycles. The maximum atomic E-state index is 5.07. The Hall–Kier alpha value is -0.680. The summed E-state index contributed by atoms with van der Waals surface area (Å²) in [7, 11) is 1.69. The van der Waals surface area contributed by atoms with Crippen molar-refractivity contribution in [2.75, 3.05) is 19.0 Å². The molecule has 4 nitrogen and oxygen atoms in total. The highest BCUT2D eigenvalue weighted by Crippen LogP contribution is 2.13. The molecule has 0 aromatic carbocycles. The Morgan fingerprint density at radius 2 is 2.33 bits per heavy atom. The van der Waals surface area contributed by atoms with Gasteiger partial charge in [0.2, 0.25) is 5.13 Å². The minimum Gasteiger partial charge on any atom is -0.380 e. The molecule has 0 amide bonds. The lowest BCUT2D eigenvalue weighted by Gasteiger charge is -2.08. The van der Waals surface area contributed by atoms with E-state index >= 15 is 0 Å². The second-order valence-electron chi connectivity index (χ2n) is 2.55. The van der Waals surface area contributed by atoms with Crippen LogP contribution in [0.2, 0.25) is 0 Å². The van der Waals surface area contributed by atoms with Crippen LogP contribution in [0.3, 0.4) is 0 Å². The minimum atomic E-state index is 0.203. The topological polar surface area (TPSA) is 47.0 Å². The molecule has 1 heterocycles. The number of aromatic nitrogens is 2. The van der Waals surface area contributed by atoms with Crippen molar-refractivity contribution in [3.05, 3.63) is 5.01 Å². The van der Waals surface area contributed by atoms with E-state index in [-0.39, 0.29) is 6.10 Å². The maximum absolute atomic E-state index is 5.07. The summed E-state index contributed by atoms with van der Waals surface area (Å²) in [6.07, 6.45) is 0.203. The number of nitrogens with one attached hydrogen (secondary N) is 1. The average Bonchev–Trinajstić information content (AvgIpc) is 2.47. The first-order valence-electron chi connectivity index (χ1n) is 3.79. The number of hydrogen-bond donors (Lipinski definition) is 1. The largest absolute Gasteiger partial charge is 0.380 e. The number of rotatable bonds is 4. The fourth-order valence-electron chi connectivity index (χ4n) is 0.682. The molecule has 0 fully saturated rings. The van der Waals surface area contributed by atoms with Gasteiger partial charge in [-0.25, -0.2) is 0 Å². The van der Waals surface area contributed by atoms with Crippen molar-refractivity contribution in [1.29, 1.82) is 0 Å². The third kappa shape index (κ3) is 2.75. The summed E-state index contributed by atoms with van der Waals surface area (Å²) in [5.41, 5.74) is 0. The fraction of sp³-hybridized carbons (Fsp3) is 0.714. The SMILES string of the molecule is COC(C)CNc1nnc(C)s1. The van der Waals surface area contributed by atoms with Crippen molar-refractivity contribution in [3.63, 3.8) is 0 Å². The third-order valence-electron chi connectivity index (χ3n) is 1.47. The molecule has 0 radical (unpaired) electrons. The number of nitrogens with zero attached hydrogens (tertiary/aromatic N) is 2. The average molecular weight is 187 g/mol. The molecule has 1 N–H and O–H groups in total. The predicted octanol–water partition coefficient (Wildman–Crippen LogP) is 1.29. The van der Waals surface area contributed by atoms with Gasteiger partial charge in [0.15, 0.2) is 0 Å². The summed E-state index contributed by atoms with van der Waals surface area (Å²) in [4.78, 5) is 0. The Kier molecular flexibility index (Phi) is 3.43. The van der Waals surface area contributed by atoms with Crippen LogP contribution in [-0.2, 0) is 4.74 Å². The van der Waals surface area contributed by atoms with E-state index < -0.39 is 0 Å². The Bertz CT molecular complexity index is 238. The maximum Gasteiger partial charge on any atom is 0.205 e. The van der Waals surface area contributed by atoms with Gasteiger partial charge in [0.1, 0.15) is 5.01 Å². The lowest BCUT2D eigenvalue weighted by atomic mass is 10.4. The van der Waals surface area contributed by atoms with Crippen LogP contribution >= 0.6 is 11.3 Å². The van der Waals surface area contributed by atoms with Gasteiger partial charge in [0.25, 0.3) is 0 Å². The van der Waals surface area contributed by atoms with E-state index in [1.54, 1.807) is 18.4 Å². The summed E-state index contributed by atoms with van der Waals surface area (Å²) in [5.74, 6) is 0. The second kappa shape index (κ2) is 4.37. The van der Waals surface area contributed by atoms with Gasteiger partial charge in [-0.15, -0.1) is 10.2 Å². The Morgan fingerprint density at radius 1 is 1.58 bits per heavy atom. The number of aryl methyl sites for hydroxylation is 1. The first-order chi connectivity index (χ1) is 5.72. The van der Waals surface area contributed by atoms with Crippen LogP contribution in [0.25, 0.3) is 0 Å². The van der Waals surface area contributed by atoms with E-state index in [9.17, 15) is 0 Å². The fourth-order valence-corrected chi connectivity index (χ4v) is 1.28. The number of hydrogen-bond acceptors (Lipinski definition) is 5. The molecular formula is C7H13N3OS. The Morgan fingerprint density at radius 3 is 2.83 bits per heavy atom. The van der Waals surface area contributed by atoms with Gasteiger partial charge >= 0.3 is 0 Å². The molecule has 1 aromatic heterocycles. The highest BCUT2D eigenvalue weighted by atomic mass is 32.1. The molecular weight excluding hydrogens is 174 g/mol. The van der Waals surface area contributed by atoms with Gasteiger partial charge in [0, 0.05) is 13.7 Å². The predicted molar refractivity (Wildman–Crippen MR) is 49.6 cm³/mol. The third-order valence-corrected chi connectivity index (χ3v) is 2.27. The van der Waals surface area contributed by atoms with Gasteiger partial charge in [-0.05, 0) is 13.8 Å². The van der Waals surface area contributed by atoms with Gasteiger partial charge in [-0.2, -0.15) is 0 Å². The normalized spacial score (nSPS) is 12.9. The molecule has 1 rings (SSSR count). The van der Waals surface area contributed by atoms with Crippen LogP contribution in [0.4, 0.5) is 5.13 Å². The molecule has 12 heavy (non-hydrogen) atoms. The van der Waals surface area contributed by atoms with Crippen molar-refractivity contribution in [2.45, 2.75) is 20.0 Å². The molecule has 1 aromatic rings. The van der Waals surface area contributed by atoms with Gasteiger partial charge in [0.05, 0.1) is 6.10 Å². The lowest BCUT2D eigenvalue weighted by molar-refractivity contribution is 0.129. The van der Waals surface area contributed by atoms with Crippen molar-refractivity contribution in [3.8, 4) is 0 Å². The summed E-state index contributed by atoms with van der Waals surface area (Å²) in [6, 6.07) is 0. The smallest absolute Gasteiger partial charge is 0.205 e.